The Kier molecular flexibility index (Phi) is 6.01. The van der Waals surface area contributed by atoms with Gasteiger partial charge in [0, 0.05) is 12.6 Å². The molecule has 0 atom stereocenters. The van der Waals surface area contributed by atoms with E-state index >= 15 is 0 Å². The third-order valence-corrected chi connectivity index (χ3v) is 5.20. The topological polar surface area (TPSA) is 71.8 Å². The first-order valence-corrected chi connectivity index (χ1v) is 10.0. The second kappa shape index (κ2) is 8.82. The van der Waals surface area contributed by atoms with Crippen LogP contribution in [0.25, 0.3) is 22.5 Å². The molecule has 0 bridgehead atoms. The van der Waals surface area contributed by atoms with Crippen molar-refractivity contribution in [2.75, 3.05) is 5.32 Å². The van der Waals surface area contributed by atoms with Crippen molar-refractivity contribution in [1.82, 2.24) is 4.98 Å². The summed E-state index contributed by atoms with van der Waals surface area (Å²) < 4.78 is 81.9. The van der Waals surface area contributed by atoms with Gasteiger partial charge < -0.3 is 10.5 Å². The molecule has 0 radical (unpaired) electrons. The zero-order chi connectivity index (χ0) is 25.5. The maximum absolute atomic E-state index is 14.6. The summed E-state index contributed by atoms with van der Waals surface area (Å²) in [4.78, 5) is 15.3. The Labute approximate surface area is 194 Å². The molecule has 4 rings (SSSR count). The molecular weight excluding hydrogens is 476 g/mol. The second-order valence-corrected chi connectivity index (χ2v) is 7.57. The smallest absolute Gasteiger partial charge is 0.416 e. The van der Waals surface area contributed by atoms with Crippen molar-refractivity contribution in [2.45, 2.75) is 13.1 Å². The summed E-state index contributed by atoms with van der Waals surface area (Å²) in [5.41, 5.74) is -2.62. The highest BCUT2D eigenvalue weighted by molar-refractivity contribution is 6.02. The molecule has 0 unspecified atom stereocenters. The van der Waals surface area contributed by atoms with E-state index in [4.69, 9.17) is 0 Å². The van der Waals surface area contributed by atoms with Crippen molar-refractivity contribution in [2.24, 2.45) is 0 Å². The summed E-state index contributed by atoms with van der Waals surface area (Å²) in [6.07, 6.45) is -4.64. The number of alkyl halides is 3. The maximum atomic E-state index is 14.6. The highest BCUT2D eigenvalue weighted by atomic mass is 19.4. The van der Waals surface area contributed by atoms with Crippen molar-refractivity contribution in [3.63, 3.8) is 0 Å². The van der Waals surface area contributed by atoms with Crippen LogP contribution in [0.1, 0.15) is 21.7 Å². The van der Waals surface area contributed by atoms with Crippen molar-refractivity contribution in [3.05, 3.63) is 100 Å². The van der Waals surface area contributed by atoms with Crippen molar-refractivity contribution >= 4 is 11.6 Å². The van der Waals surface area contributed by atoms with Gasteiger partial charge in [0.25, 0.3) is 11.7 Å². The average Bonchev–Trinajstić information content (AvgIpc) is 3.08. The number of rotatable bonds is 4. The van der Waals surface area contributed by atoms with E-state index < -0.39 is 52.2 Å². The number of aryl methyl sites for hydroxylation is 1. The third kappa shape index (κ3) is 4.57. The van der Waals surface area contributed by atoms with E-state index in [-0.39, 0.29) is 27.2 Å². The minimum absolute atomic E-state index is 0.0126. The van der Waals surface area contributed by atoms with Crippen LogP contribution < -0.4 is 10.0 Å². The van der Waals surface area contributed by atoms with Crippen LogP contribution in [0.4, 0.5) is 32.0 Å². The molecule has 0 saturated heterocycles. The van der Waals surface area contributed by atoms with Gasteiger partial charge in [-0.3, -0.25) is 4.79 Å². The molecule has 35 heavy (non-hydrogen) atoms. The Hall–Kier alpha value is -4.28. The van der Waals surface area contributed by atoms with Crippen LogP contribution in [0.2, 0.25) is 0 Å². The van der Waals surface area contributed by atoms with Gasteiger partial charge in [0.1, 0.15) is 23.0 Å². The number of aromatic nitrogens is 2. The summed E-state index contributed by atoms with van der Waals surface area (Å²) in [5.74, 6) is -4.20. The molecule has 1 amide bonds. The van der Waals surface area contributed by atoms with Gasteiger partial charge in [0.05, 0.1) is 11.1 Å². The molecule has 0 aliphatic heterocycles. The molecule has 5 nitrogen and oxygen atoms in total. The van der Waals surface area contributed by atoms with Crippen molar-refractivity contribution in [1.29, 1.82) is 0 Å². The van der Waals surface area contributed by atoms with Crippen LogP contribution >= 0.6 is 0 Å². The number of carbonyl (C=O) groups excluding carboxylic acids is 1. The number of benzene rings is 3. The van der Waals surface area contributed by atoms with Crippen molar-refractivity contribution in [3.8, 4) is 22.5 Å². The molecular formula is C24H15F6N3O2. The molecule has 2 N–H and O–H groups in total. The lowest BCUT2D eigenvalue weighted by atomic mass is 10.0. The van der Waals surface area contributed by atoms with Gasteiger partial charge in [-0.25, -0.2) is 22.9 Å². The minimum Gasteiger partial charge on any atom is -0.710 e. The normalized spacial score (nSPS) is 11.5. The number of hydrogen-bond donors (Lipinski definition) is 2. The van der Waals surface area contributed by atoms with Gasteiger partial charge in [-0.05, 0) is 48.0 Å². The number of aromatic amines is 1. The lowest BCUT2D eigenvalue weighted by molar-refractivity contribution is -0.594. The molecule has 0 fully saturated rings. The highest BCUT2D eigenvalue weighted by Gasteiger charge is 2.31. The minimum atomic E-state index is -4.64. The lowest BCUT2D eigenvalue weighted by Gasteiger charge is -2.11. The molecule has 11 heteroatoms. The summed E-state index contributed by atoms with van der Waals surface area (Å²) in [6, 6.07) is 10.1. The number of H-pyrrole nitrogens is 1. The van der Waals surface area contributed by atoms with E-state index in [1.807, 2.05) is 0 Å². The summed E-state index contributed by atoms with van der Waals surface area (Å²) in [5, 5.41) is 15.1. The van der Waals surface area contributed by atoms with Gasteiger partial charge in [0.15, 0.2) is 5.69 Å². The van der Waals surface area contributed by atoms with E-state index in [9.17, 15) is 36.3 Å². The fourth-order valence-corrected chi connectivity index (χ4v) is 3.59. The SMILES string of the molecule is Cc1[nH]c(-c2cc(-c3c(F)cccc3F)ccc2F)[n+]([O-])c1C(=O)Nc1cccc(C(F)(F)F)c1. The fraction of sp³-hybridized carbons (Fsp3) is 0.0833. The molecule has 0 saturated carbocycles. The highest BCUT2D eigenvalue weighted by Crippen LogP contribution is 2.32. The number of nitrogens with zero attached hydrogens (tertiary/aromatic N) is 1. The number of anilines is 1. The van der Waals surface area contributed by atoms with Gasteiger partial charge in [0.2, 0.25) is 5.69 Å². The monoisotopic (exact) mass is 491 g/mol. The van der Waals surface area contributed by atoms with Crippen molar-refractivity contribution < 1.29 is 35.9 Å². The van der Waals surface area contributed by atoms with Gasteiger partial charge >= 0.3 is 6.18 Å². The van der Waals surface area contributed by atoms with E-state index in [0.29, 0.717) is 6.07 Å². The Morgan fingerprint density at radius 3 is 2.26 bits per heavy atom. The molecule has 180 valence electrons. The van der Waals surface area contributed by atoms with E-state index in [1.54, 1.807) is 0 Å². The number of nitrogens with one attached hydrogen (secondary N) is 2. The molecule has 1 heterocycles. The van der Waals surface area contributed by atoms with Crippen LogP contribution in [0, 0.1) is 29.6 Å². The standard InChI is InChI=1S/C24H15F6N3O2/c1-12-21(23(34)32-15-5-2-4-14(11-15)24(28,29)30)33(35)22(31-12)16-10-13(8-9-17(16)25)20-18(26)6-3-7-19(20)27/h2-11,31H,1H3,(H,32,34). The number of carbonyl (C=O) groups is 1. The van der Waals surface area contributed by atoms with Gasteiger partial charge in [-0.2, -0.15) is 13.2 Å². The Morgan fingerprint density at radius 2 is 1.60 bits per heavy atom. The van der Waals surface area contributed by atoms with Crippen LogP contribution in [0.3, 0.4) is 0 Å². The van der Waals surface area contributed by atoms with Gasteiger partial charge in [-0.15, -0.1) is 0 Å². The summed E-state index contributed by atoms with van der Waals surface area (Å²) >= 11 is 0. The molecule has 4 aromatic rings. The zero-order valence-corrected chi connectivity index (χ0v) is 17.8. The van der Waals surface area contributed by atoms with E-state index in [2.05, 4.69) is 10.3 Å². The Balaban J connectivity index is 1.72. The lowest BCUT2D eigenvalue weighted by Crippen LogP contribution is -2.36. The van der Waals surface area contributed by atoms with E-state index in [0.717, 1.165) is 48.5 Å². The Morgan fingerprint density at radius 1 is 0.943 bits per heavy atom. The largest absolute Gasteiger partial charge is 0.710 e. The number of halogens is 6. The number of amides is 1. The first kappa shape index (κ1) is 23.9. The summed E-state index contributed by atoms with van der Waals surface area (Å²) in [6.45, 7) is 1.33. The van der Waals surface area contributed by atoms with Crippen LogP contribution in [0.5, 0.6) is 0 Å². The maximum Gasteiger partial charge on any atom is 0.416 e. The predicted octanol–water partition coefficient (Wildman–Crippen LogP) is 5.98. The van der Waals surface area contributed by atoms with Gasteiger partial charge in [-0.1, -0.05) is 18.2 Å². The third-order valence-electron chi connectivity index (χ3n) is 5.20. The van der Waals surface area contributed by atoms with Crippen LogP contribution in [-0.2, 0) is 6.18 Å². The van der Waals surface area contributed by atoms with E-state index in [1.165, 1.54) is 13.0 Å². The number of imidazole rings is 1. The first-order valence-electron chi connectivity index (χ1n) is 10.0. The predicted molar refractivity (Wildman–Crippen MR) is 115 cm³/mol. The second-order valence-electron chi connectivity index (χ2n) is 7.57. The Bertz CT molecular complexity index is 1430. The molecule has 3 aromatic carbocycles. The number of hydrogen-bond acceptors (Lipinski definition) is 2. The van der Waals surface area contributed by atoms with Crippen LogP contribution in [-0.4, -0.2) is 10.9 Å². The quantitative estimate of drug-likeness (QED) is 0.210. The molecule has 1 aromatic heterocycles. The van der Waals surface area contributed by atoms with Crippen LogP contribution in [0.15, 0.2) is 60.7 Å². The molecule has 0 spiro atoms. The first-order chi connectivity index (χ1) is 16.5. The fourth-order valence-electron chi connectivity index (χ4n) is 3.59. The average molecular weight is 491 g/mol. The molecule has 0 aliphatic carbocycles. The summed E-state index contributed by atoms with van der Waals surface area (Å²) in [7, 11) is 0. The molecule has 0 aliphatic rings. The zero-order valence-electron chi connectivity index (χ0n) is 17.8.